The van der Waals surface area contributed by atoms with Gasteiger partial charge >= 0.3 is 0 Å². The SMILES string of the molecule is O=C1Nc2cc(F)c(F)cc2C12CC2. The molecular formula is C10H7F2NO. The minimum Gasteiger partial charge on any atom is -0.325 e. The highest BCUT2D eigenvalue weighted by atomic mass is 19.2. The maximum Gasteiger partial charge on any atom is 0.235 e. The number of benzene rings is 1. The zero-order valence-electron chi connectivity index (χ0n) is 7.23. The van der Waals surface area contributed by atoms with Gasteiger partial charge in [-0.1, -0.05) is 0 Å². The molecule has 14 heavy (non-hydrogen) atoms. The number of halogens is 2. The third kappa shape index (κ3) is 0.761. The molecule has 1 fully saturated rings. The second kappa shape index (κ2) is 2.13. The van der Waals surface area contributed by atoms with Crippen LogP contribution in [0.25, 0.3) is 0 Å². The van der Waals surface area contributed by atoms with Crippen LogP contribution in [0.4, 0.5) is 14.5 Å². The van der Waals surface area contributed by atoms with E-state index in [1.54, 1.807) is 0 Å². The Balaban J connectivity index is 2.24. The first-order valence-electron chi connectivity index (χ1n) is 4.44. The zero-order valence-corrected chi connectivity index (χ0v) is 7.23. The molecule has 4 heteroatoms. The van der Waals surface area contributed by atoms with Crippen molar-refractivity contribution in [3.05, 3.63) is 29.3 Å². The molecule has 1 aliphatic carbocycles. The number of anilines is 1. The van der Waals surface area contributed by atoms with Gasteiger partial charge in [-0.15, -0.1) is 0 Å². The molecule has 1 aromatic carbocycles. The molecule has 0 radical (unpaired) electrons. The van der Waals surface area contributed by atoms with E-state index in [9.17, 15) is 13.6 Å². The van der Waals surface area contributed by atoms with Gasteiger partial charge in [-0.2, -0.15) is 0 Å². The van der Waals surface area contributed by atoms with Crippen molar-refractivity contribution in [3.63, 3.8) is 0 Å². The molecule has 0 unspecified atom stereocenters. The molecule has 1 aromatic rings. The molecule has 72 valence electrons. The fourth-order valence-corrected chi connectivity index (χ4v) is 2.03. The molecule has 0 bridgehead atoms. The molecule has 1 N–H and O–H groups in total. The summed E-state index contributed by atoms with van der Waals surface area (Å²) in [5, 5.41) is 2.57. The Morgan fingerprint density at radius 3 is 2.50 bits per heavy atom. The predicted octanol–water partition coefficient (Wildman–Crippen LogP) is 1.95. The standard InChI is InChI=1S/C10H7F2NO/c11-6-3-5-8(4-7(6)12)13-9(14)10(5)1-2-10/h3-4H,1-2H2,(H,13,14). The van der Waals surface area contributed by atoms with Gasteiger partial charge in [0.05, 0.1) is 5.41 Å². The Kier molecular flexibility index (Phi) is 1.20. The van der Waals surface area contributed by atoms with Crippen molar-refractivity contribution in [2.24, 2.45) is 0 Å². The fourth-order valence-electron chi connectivity index (χ4n) is 2.03. The zero-order chi connectivity index (χ0) is 9.92. The number of fused-ring (bicyclic) bond motifs is 2. The summed E-state index contributed by atoms with van der Waals surface area (Å²) in [7, 11) is 0. The smallest absolute Gasteiger partial charge is 0.235 e. The van der Waals surface area contributed by atoms with E-state index in [0.29, 0.717) is 11.3 Å². The molecule has 0 aromatic heterocycles. The lowest BCUT2D eigenvalue weighted by atomic mass is 9.98. The number of amides is 1. The second-order valence-electron chi connectivity index (χ2n) is 3.85. The van der Waals surface area contributed by atoms with E-state index >= 15 is 0 Å². The summed E-state index contributed by atoms with van der Waals surface area (Å²) in [6.07, 6.45) is 1.47. The largest absolute Gasteiger partial charge is 0.325 e. The first-order valence-corrected chi connectivity index (χ1v) is 4.44. The fraction of sp³-hybridized carbons (Fsp3) is 0.300. The summed E-state index contributed by atoms with van der Waals surface area (Å²) < 4.78 is 25.8. The average Bonchev–Trinajstić information content (AvgIpc) is 2.87. The Labute approximate surface area is 78.9 Å². The molecule has 1 heterocycles. The Hall–Kier alpha value is -1.45. The highest BCUT2D eigenvalue weighted by Gasteiger charge is 2.56. The molecule has 0 saturated heterocycles. The Bertz CT molecular complexity index is 452. The van der Waals surface area contributed by atoms with Gasteiger partial charge in [0, 0.05) is 11.8 Å². The number of hydrogen-bond donors (Lipinski definition) is 1. The van der Waals surface area contributed by atoms with Crippen molar-refractivity contribution in [2.45, 2.75) is 18.3 Å². The minimum absolute atomic E-state index is 0.127. The normalized spacial score (nSPS) is 20.9. The maximum absolute atomic E-state index is 13.0. The van der Waals surface area contributed by atoms with Gasteiger partial charge in [0.1, 0.15) is 0 Å². The number of nitrogens with one attached hydrogen (secondary N) is 1. The average molecular weight is 195 g/mol. The molecule has 1 aliphatic heterocycles. The molecule has 0 atom stereocenters. The van der Waals surface area contributed by atoms with E-state index < -0.39 is 17.0 Å². The van der Waals surface area contributed by atoms with Crippen molar-refractivity contribution in [1.82, 2.24) is 0 Å². The summed E-state index contributed by atoms with van der Waals surface area (Å²) >= 11 is 0. The predicted molar refractivity (Wildman–Crippen MR) is 45.9 cm³/mol. The Morgan fingerprint density at radius 2 is 1.86 bits per heavy atom. The van der Waals surface area contributed by atoms with Crippen molar-refractivity contribution < 1.29 is 13.6 Å². The van der Waals surface area contributed by atoms with Crippen LogP contribution in [-0.4, -0.2) is 5.91 Å². The van der Waals surface area contributed by atoms with Gasteiger partial charge in [-0.25, -0.2) is 8.78 Å². The highest BCUT2D eigenvalue weighted by molar-refractivity contribution is 6.08. The maximum atomic E-state index is 13.0. The Morgan fingerprint density at radius 1 is 1.21 bits per heavy atom. The lowest BCUT2D eigenvalue weighted by Crippen LogP contribution is -2.18. The van der Waals surface area contributed by atoms with Gasteiger partial charge in [0.25, 0.3) is 0 Å². The van der Waals surface area contributed by atoms with E-state index in [1.165, 1.54) is 0 Å². The van der Waals surface area contributed by atoms with Crippen LogP contribution in [0.2, 0.25) is 0 Å². The van der Waals surface area contributed by atoms with Crippen LogP contribution in [-0.2, 0) is 10.2 Å². The van der Waals surface area contributed by atoms with Crippen LogP contribution in [0.5, 0.6) is 0 Å². The highest BCUT2D eigenvalue weighted by Crippen LogP contribution is 2.55. The first-order chi connectivity index (χ1) is 6.63. The number of carbonyl (C=O) groups is 1. The van der Waals surface area contributed by atoms with E-state index in [4.69, 9.17) is 0 Å². The minimum atomic E-state index is -0.915. The van der Waals surface area contributed by atoms with Crippen LogP contribution in [0.3, 0.4) is 0 Å². The van der Waals surface area contributed by atoms with Crippen molar-refractivity contribution >= 4 is 11.6 Å². The van der Waals surface area contributed by atoms with Crippen molar-refractivity contribution in [2.75, 3.05) is 5.32 Å². The third-order valence-corrected chi connectivity index (χ3v) is 3.01. The first kappa shape index (κ1) is 7.91. The molecule has 3 rings (SSSR count). The molecule has 2 aliphatic rings. The van der Waals surface area contributed by atoms with Gasteiger partial charge < -0.3 is 5.32 Å². The summed E-state index contributed by atoms with van der Waals surface area (Å²) in [4.78, 5) is 11.5. The van der Waals surface area contributed by atoms with Gasteiger partial charge in [-0.3, -0.25) is 4.79 Å². The summed E-state index contributed by atoms with van der Waals surface area (Å²) in [5.74, 6) is -1.93. The monoisotopic (exact) mass is 195 g/mol. The van der Waals surface area contributed by atoms with E-state index in [-0.39, 0.29) is 5.91 Å². The molecule has 2 nitrogen and oxygen atoms in total. The van der Waals surface area contributed by atoms with Gasteiger partial charge in [0.2, 0.25) is 5.91 Å². The topological polar surface area (TPSA) is 29.1 Å². The van der Waals surface area contributed by atoms with Crippen molar-refractivity contribution in [1.29, 1.82) is 0 Å². The summed E-state index contributed by atoms with van der Waals surface area (Å²) in [6.45, 7) is 0. The van der Waals surface area contributed by atoms with E-state index in [2.05, 4.69) is 5.32 Å². The van der Waals surface area contributed by atoms with Crippen LogP contribution >= 0.6 is 0 Å². The van der Waals surface area contributed by atoms with Crippen molar-refractivity contribution in [3.8, 4) is 0 Å². The molecule has 1 saturated carbocycles. The molecule has 1 spiro atoms. The summed E-state index contributed by atoms with van der Waals surface area (Å²) in [5.41, 5.74) is 0.497. The second-order valence-corrected chi connectivity index (χ2v) is 3.85. The van der Waals surface area contributed by atoms with Crippen LogP contribution < -0.4 is 5.32 Å². The number of rotatable bonds is 0. The lowest BCUT2D eigenvalue weighted by molar-refractivity contribution is -0.117. The number of hydrogen-bond acceptors (Lipinski definition) is 1. The third-order valence-electron chi connectivity index (χ3n) is 3.01. The van der Waals surface area contributed by atoms with Crippen LogP contribution in [0.1, 0.15) is 18.4 Å². The van der Waals surface area contributed by atoms with Crippen LogP contribution in [0, 0.1) is 11.6 Å². The number of carbonyl (C=O) groups excluding carboxylic acids is 1. The quantitative estimate of drug-likeness (QED) is 0.673. The van der Waals surface area contributed by atoms with Crippen LogP contribution in [0.15, 0.2) is 12.1 Å². The van der Waals surface area contributed by atoms with Gasteiger partial charge in [-0.05, 0) is 24.5 Å². The lowest BCUT2D eigenvalue weighted by Gasteiger charge is -2.03. The van der Waals surface area contributed by atoms with E-state index in [0.717, 1.165) is 25.0 Å². The summed E-state index contributed by atoms with van der Waals surface area (Å²) in [6, 6.07) is 2.19. The molecule has 1 amide bonds. The van der Waals surface area contributed by atoms with Gasteiger partial charge in [0.15, 0.2) is 11.6 Å². The van der Waals surface area contributed by atoms with E-state index in [1.807, 2.05) is 0 Å². The molecular weight excluding hydrogens is 188 g/mol.